The molecule has 1 saturated heterocycles. The Morgan fingerprint density at radius 1 is 1.11 bits per heavy atom. The summed E-state index contributed by atoms with van der Waals surface area (Å²) in [5, 5.41) is 4.50. The predicted octanol–water partition coefficient (Wildman–Crippen LogP) is 6.18. The van der Waals surface area contributed by atoms with E-state index in [4.69, 9.17) is 0 Å². The van der Waals surface area contributed by atoms with E-state index in [2.05, 4.69) is 39.2 Å². The maximum atomic E-state index is 16.0. The molecule has 3 aromatic rings. The van der Waals surface area contributed by atoms with Crippen LogP contribution in [0.4, 0.5) is 18.9 Å². The summed E-state index contributed by atoms with van der Waals surface area (Å²) in [6, 6.07) is 11.0. The molecular weight excluding hydrogens is 473 g/mol. The van der Waals surface area contributed by atoms with Gasteiger partial charge in [0.15, 0.2) is 0 Å². The third kappa shape index (κ3) is 3.72. The van der Waals surface area contributed by atoms with Crippen LogP contribution in [0.15, 0.2) is 36.4 Å². The first-order valence-corrected chi connectivity index (χ1v) is 13.9. The van der Waals surface area contributed by atoms with Crippen molar-refractivity contribution in [3.63, 3.8) is 0 Å². The molecule has 0 spiro atoms. The van der Waals surface area contributed by atoms with Crippen molar-refractivity contribution in [2.24, 2.45) is 5.92 Å². The Hall–Kier alpha value is -2.51. The van der Waals surface area contributed by atoms with Gasteiger partial charge < -0.3 is 15.2 Å². The fourth-order valence-electron chi connectivity index (χ4n) is 7.84. The average Bonchev–Trinajstić information content (AvgIpc) is 3.41. The minimum atomic E-state index is -0.491. The highest BCUT2D eigenvalue weighted by atomic mass is 19.1. The molecule has 3 heterocycles. The molecule has 2 aromatic carbocycles. The van der Waals surface area contributed by atoms with Crippen molar-refractivity contribution in [2.45, 2.75) is 69.1 Å². The van der Waals surface area contributed by atoms with Crippen LogP contribution in [-0.2, 0) is 6.42 Å². The number of alkyl halides is 1. The third-order valence-corrected chi connectivity index (χ3v) is 9.53. The van der Waals surface area contributed by atoms with Crippen molar-refractivity contribution in [1.29, 1.82) is 0 Å². The Bertz CT molecular complexity index is 1300. The van der Waals surface area contributed by atoms with E-state index in [1.165, 1.54) is 17.7 Å². The van der Waals surface area contributed by atoms with E-state index in [0.29, 0.717) is 12.1 Å². The number of hydrogen-bond acceptors (Lipinski definition) is 3. The van der Waals surface area contributed by atoms with Gasteiger partial charge >= 0.3 is 0 Å². The molecule has 4 fully saturated rings. The first-order valence-electron chi connectivity index (χ1n) is 13.9. The van der Waals surface area contributed by atoms with E-state index < -0.39 is 17.7 Å². The van der Waals surface area contributed by atoms with E-state index in [9.17, 15) is 4.39 Å². The Morgan fingerprint density at radius 3 is 2.57 bits per heavy atom. The lowest BCUT2D eigenvalue weighted by atomic mass is 9.48. The Kier molecular flexibility index (Phi) is 5.59. The fraction of sp³-hybridized carbons (Fsp3) is 0.533. The van der Waals surface area contributed by atoms with Gasteiger partial charge in [0.05, 0.1) is 12.7 Å². The van der Waals surface area contributed by atoms with E-state index in [1.807, 2.05) is 12.1 Å². The zero-order chi connectivity index (χ0) is 25.3. The van der Waals surface area contributed by atoms with Crippen molar-refractivity contribution in [3.8, 4) is 0 Å². The third-order valence-electron chi connectivity index (χ3n) is 9.53. The first-order chi connectivity index (χ1) is 18.0. The molecule has 0 radical (unpaired) electrons. The molecule has 0 unspecified atom stereocenters. The molecule has 3 aliphatic carbocycles. The van der Waals surface area contributed by atoms with Crippen LogP contribution < -0.4 is 5.32 Å². The summed E-state index contributed by atoms with van der Waals surface area (Å²) in [7, 11) is 0. The largest absolute Gasteiger partial charge is 0.381 e. The van der Waals surface area contributed by atoms with Crippen LogP contribution >= 0.6 is 0 Å². The standard InChI is InChI=1S/C30H35F3N4/c1-18-11-23-22-5-2-3-6-26(22)35-28(23)29(37(18)30-14-19(15-30)16-30)27-24(32)12-21(13-25(27)33)34-20-7-10-36(17-20)9-4-8-31/h2-3,5-6,12-13,18-20,29,34-35H,4,7-11,14-17H2,1H3/t18-,19?,20+,29-,30?/m1/s1. The van der Waals surface area contributed by atoms with Crippen molar-refractivity contribution in [3.05, 3.63) is 64.9 Å². The topological polar surface area (TPSA) is 34.3 Å². The second kappa shape index (κ2) is 8.77. The van der Waals surface area contributed by atoms with Gasteiger partial charge in [0.2, 0.25) is 0 Å². The second-order valence-corrected chi connectivity index (χ2v) is 12.0. The zero-order valence-electron chi connectivity index (χ0n) is 21.4. The van der Waals surface area contributed by atoms with Crippen LogP contribution in [0.1, 0.15) is 61.9 Å². The molecule has 1 aromatic heterocycles. The van der Waals surface area contributed by atoms with Gasteiger partial charge in [0.1, 0.15) is 11.6 Å². The van der Waals surface area contributed by atoms with E-state index in [0.717, 1.165) is 74.3 Å². The number of hydrogen-bond donors (Lipinski definition) is 2. The smallest absolute Gasteiger partial charge is 0.133 e. The van der Waals surface area contributed by atoms with Crippen molar-refractivity contribution in [2.75, 3.05) is 31.6 Å². The number of halogens is 3. The number of para-hydroxylation sites is 1. The molecule has 37 heavy (non-hydrogen) atoms. The number of fused-ring (bicyclic) bond motifs is 3. The van der Waals surface area contributed by atoms with Crippen LogP contribution in [0.2, 0.25) is 0 Å². The summed E-state index contributed by atoms with van der Waals surface area (Å²) in [5.41, 5.74) is 3.87. The van der Waals surface area contributed by atoms with Gasteiger partial charge in [-0.05, 0) is 75.1 Å². The molecule has 7 heteroatoms. The first kappa shape index (κ1) is 23.6. The predicted molar refractivity (Wildman–Crippen MR) is 141 cm³/mol. The van der Waals surface area contributed by atoms with Crippen LogP contribution in [0.5, 0.6) is 0 Å². The fourth-order valence-corrected chi connectivity index (χ4v) is 7.84. The van der Waals surface area contributed by atoms with Crippen molar-refractivity contribution >= 4 is 16.6 Å². The molecule has 2 N–H and O–H groups in total. The van der Waals surface area contributed by atoms with E-state index in [1.54, 1.807) is 0 Å². The monoisotopic (exact) mass is 508 g/mol. The Morgan fingerprint density at radius 2 is 1.86 bits per heavy atom. The molecule has 8 rings (SSSR count). The zero-order valence-corrected chi connectivity index (χ0v) is 21.4. The molecular formula is C30H35F3N4. The number of nitrogens with zero attached hydrogens (tertiary/aromatic N) is 2. The molecule has 0 amide bonds. The molecule has 3 saturated carbocycles. The lowest BCUT2D eigenvalue weighted by Gasteiger charge is -2.70. The maximum Gasteiger partial charge on any atom is 0.133 e. The van der Waals surface area contributed by atoms with Gasteiger partial charge in [-0.15, -0.1) is 0 Å². The summed E-state index contributed by atoms with van der Waals surface area (Å²) in [6.07, 6.45) is 5.69. The Balaban J connectivity index is 1.25. The number of benzene rings is 2. The van der Waals surface area contributed by atoms with Crippen molar-refractivity contribution in [1.82, 2.24) is 14.8 Å². The molecule has 5 aliphatic rings. The second-order valence-electron chi connectivity index (χ2n) is 12.0. The van der Waals surface area contributed by atoms with Gasteiger partial charge in [0, 0.05) is 65.1 Å². The van der Waals surface area contributed by atoms with Crippen LogP contribution in [0.3, 0.4) is 0 Å². The average molecular weight is 509 g/mol. The summed E-state index contributed by atoms with van der Waals surface area (Å²) in [5.74, 6) is -0.209. The molecule has 3 atom stereocenters. The molecule has 2 bridgehead atoms. The SMILES string of the molecule is C[C@@H]1Cc2c([nH]c3ccccc23)[C@@H](c2c(F)cc(N[C@H]3CCN(CCCF)C3)cc2F)N1C12CC(C1)C2. The highest BCUT2D eigenvalue weighted by Gasteiger charge is 2.63. The van der Waals surface area contributed by atoms with Gasteiger partial charge in [-0.3, -0.25) is 9.29 Å². The molecule has 4 nitrogen and oxygen atoms in total. The summed E-state index contributed by atoms with van der Waals surface area (Å²) >= 11 is 0. The van der Waals surface area contributed by atoms with Gasteiger partial charge in [-0.25, -0.2) is 8.78 Å². The van der Waals surface area contributed by atoms with Crippen LogP contribution in [0, 0.1) is 17.6 Å². The summed E-state index contributed by atoms with van der Waals surface area (Å²) < 4.78 is 44.6. The van der Waals surface area contributed by atoms with Gasteiger partial charge in [-0.1, -0.05) is 18.2 Å². The van der Waals surface area contributed by atoms with Crippen LogP contribution in [0.25, 0.3) is 10.9 Å². The lowest BCUT2D eigenvalue weighted by Crippen LogP contribution is -2.71. The molecule has 196 valence electrons. The number of H-pyrrole nitrogens is 1. The van der Waals surface area contributed by atoms with Crippen molar-refractivity contribution < 1.29 is 13.2 Å². The Labute approximate surface area is 216 Å². The number of likely N-dealkylation sites (tertiary alicyclic amines) is 1. The van der Waals surface area contributed by atoms with Crippen LogP contribution in [-0.4, -0.2) is 58.7 Å². The minimum absolute atomic E-state index is 0.0620. The number of aromatic amines is 1. The summed E-state index contributed by atoms with van der Waals surface area (Å²) in [6.45, 7) is 4.27. The maximum absolute atomic E-state index is 16.0. The van der Waals surface area contributed by atoms with E-state index in [-0.39, 0.29) is 29.9 Å². The number of anilines is 1. The highest BCUT2D eigenvalue weighted by molar-refractivity contribution is 5.85. The highest BCUT2D eigenvalue weighted by Crippen LogP contribution is 2.64. The normalized spacial score (nSPS) is 31.2. The number of nitrogens with one attached hydrogen (secondary N) is 2. The van der Waals surface area contributed by atoms with E-state index >= 15 is 8.78 Å². The quantitative estimate of drug-likeness (QED) is 0.400. The van der Waals surface area contributed by atoms with Gasteiger partial charge in [0.25, 0.3) is 0 Å². The lowest BCUT2D eigenvalue weighted by molar-refractivity contribution is -0.174. The van der Waals surface area contributed by atoms with Gasteiger partial charge in [-0.2, -0.15) is 0 Å². The summed E-state index contributed by atoms with van der Waals surface area (Å²) in [4.78, 5) is 8.23. The number of aromatic nitrogens is 1. The number of rotatable bonds is 7. The minimum Gasteiger partial charge on any atom is -0.381 e. The molecule has 2 aliphatic heterocycles.